The largest absolute Gasteiger partial charge is 0.377 e. The topological polar surface area (TPSA) is 20.3 Å². The van der Waals surface area contributed by atoms with E-state index in [1.165, 1.54) is 6.08 Å². The number of para-hydroxylation sites is 1. The average molecular weight is 174 g/mol. The quantitative estimate of drug-likeness (QED) is 0.652. The van der Waals surface area contributed by atoms with Crippen LogP contribution in [0.15, 0.2) is 30.3 Å². The van der Waals surface area contributed by atoms with Gasteiger partial charge in [0, 0.05) is 19.8 Å². The van der Waals surface area contributed by atoms with Gasteiger partial charge in [-0.15, -0.1) is 0 Å². The number of rotatable bonds is 3. The van der Waals surface area contributed by atoms with Crippen molar-refractivity contribution in [3.8, 4) is 0 Å². The van der Waals surface area contributed by atoms with Crippen LogP contribution in [0.25, 0.3) is 6.08 Å². The molecule has 0 unspecified atom stereocenters. The Labute approximate surface area is 78.5 Å². The lowest BCUT2D eigenvalue weighted by atomic mass is 10.1. The van der Waals surface area contributed by atoms with Gasteiger partial charge in [0.2, 0.25) is 6.29 Å². The number of benzene rings is 1. The van der Waals surface area contributed by atoms with Crippen molar-refractivity contribution in [2.45, 2.75) is 0 Å². The molecule has 0 aliphatic heterocycles. The van der Waals surface area contributed by atoms with E-state index in [2.05, 4.69) is 0 Å². The highest BCUT2D eigenvalue weighted by Crippen LogP contribution is 2.18. The zero-order valence-corrected chi connectivity index (χ0v) is 7.82. The lowest BCUT2D eigenvalue weighted by Gasteiger charge is -2.14. The minimum absolute atomic E-state index is 1.02. The summed E-state index contributed by atoms with van der Waals surface area (Å²) < 4.78 is 0. The molecule has 1 aromatic carbocycles. The van der Waals surface area contributed by atoms with Crippen LogP contribution >= 0.6 is 0 Å². The van der Waals surface area contributed by atoms with Crippen molar-refractivity contribution in [3.63, 3.8) is 0 Å². The molecule has 2 heteroatoms. The van der Waals surface area contributed by atoms with E-state index in [1.807, 2.05) is 43.3 Å². The molecule has 0 saturated carbocycles. The standard InChI is InChI=1S/C11H12NO/c1-12(2)11-8-4-3-6-10(11)7-5-9-13/h3-8H,1-2H3/b7-5+. The summed E-state index contributed by atoms with van der Waals surface area (Å²) in [5, 5.41) is 0. The second-order valence-electron chi connectivity index (χ2n) is 2.90. The molecule has 0 bridgehead atoms. The Morgan fingerprint density at radius 3 is 2.62 bits per heavy atom. The van der Waals surface area contributed by atoms with Gasteiger partial charge >= 0.3 is 0 Å². The molecular weight excluding hydrogens is 162 g/mol. The van der Waals surface area contributed by atoms with E-state index in [4.69, 9.17) is 0 Å². The zero-order valence-electron chi connectivity index (χ0n) is 7.82. The van der Waals surface area contributed by atoms with Crippen LogP contribution in [0.2, 0.25) is 0 Å². The highest BCUT2D eigenvalue weighted by molar-refractivity contribution is 5.78. The fourth-order valence-corrected chi connectivity index (χ4v) is 1.16. The average Bonchev–Trinajstić information content (AvgIpc) is 2.15. The summed E-state index contributed by atoms with van der Waals surface area (Å²) in [5.74, 6) is 0. The van der Waals surface area contributed by atoms with Crippen LogP contribution < -0.4 is 4.90 Å². The molecule has 0 saturated heterocycles. The summed E-state index contributed by atoms with van der Waals surface area (Å²) in [7, 11) is 3.94. The molecule has 1 radical (unpaired) electrons. The van der Waals surface area contributed by atoms with E-state index in [1.54, 1.807) is 12.4 Å². The van der Waals surface area contributed by atoms with Gasteiger partial charge in [0.25, 0.3) is 0 Å². The third-order valence-electron chi connectivity index (χ3n) is 1.75. The number of allylic oxidation sites excluding steroid dienone is 1. The number of carbonyl (C=O) groups excluding carboxylic acids is 1. The number of anilines is 1. The summed E-state index contributed by atoms with van der Waals surface area (Å²) in [6, 6.07) is 7.88. The molecule has 2 nitrogen and oxygen atoms in total. The smallest absolute Gasteiger partial charge is 0.225 e. The van der Waals surface area contributed by atoms with Gasteiger partial charge in [-0.1, -0.05) is 18.2 Å². The molecule has 0 aromatic heterocycles. The number of nitrogens with zero attached hydrogens (tertiary/aromatic N) is 1. The molecule has 0 spiro atoms. The molecule has 0 fully saturated rings. The first-order valence-corrected chi connectivity index (χ1v) is 4.06. The van der Waals surface area contributed by atoms with Crippen LogP contribution in [-0.2, 0) is 4.79 Å². The van der Waals surface area contributed by atoms with Crippen LogP contribution in [0.3, 0.4) is 0 Å². The first kappa shape index (κ1) is 9.52. The number of hydrogen-bond acceptors (Lipinski definition) is 2. The number of hydrogen-bond donors (Lipinski definition) is 0. The lowest BCUT2D eigenvalue weighted by molar-refractivity contribution is 0.564. The van der Waals surface area contributed by atoms with Crippen molar-refractivity contribution >= 4 is 18.0 Å². The van der Waals surface area contributed by atoms with E-state index in [0.29, 0.717) is 0 Å². The van der Waals surface area contributed by atoms with E-state index in [-0.39, 0.29) is 0 Å². The highest BCUT2D eigenvalue weighted by Gasteiger charge is 1.98. The molecule has 0 N–H and O–H groups in total. The first-order valence-electron chi connectivity index (χ1n) is 4.06. The van der Waals surface area contributed by atoms with Crippen molar-refractivity contribution in [1.82, 2.24) is 0 Å². The molecule has 0 aliphatic carbocycles. The van der Waals surface area contributed by atoms with Crippen molar-refractivity contribution in [2.75, 3.05) is 19.0 Å². The second-order valence-corrected chi connectivity index (χ2v) is 2.90. The molecular formula is C11H12NO. The van der Waals surface area contributed by atoms with Gasteiger partial charge < -0.3 is 4.90 Å². The van der Waals surface area contributed by atoms with E-state index >= 15 is 0 Å². The molecule has 0 heterocycles. The second kappa shape index (κ2) is 4.45. The Hall–Kier alpha value is -1.57. The Bertz CT molecular complexity index is 316. The van der Waals surface area contributed by atoms with Gasteiger partial charge in [-0.05, 0) is 23.8 Å². The lowest BCUT2D eigenvalue weighted by Crippen LogP contribution is -2.09. The Morgan fingerprint density at radius 2 is 2.00 bits per heavy atom. The summed E-state index contributed by atoms with van der Waals surface area (Å²) in [6.07, 6.45) is 4.86. The molecule has 1 rings (SSSR count). The summed E-state index contributed by atoms with van der Waals surface area (Å²) in [4.78, 5) is 12.0. The predicted molar refractivity (Wildman–Crippen MR) is 55.5 cm³/mol. The monoisotopic (exact) mass is 174 g/mol. The van der Waals surface area contributed by atoms with Crippen LogP contribution in [0.5, 0.6) is 0 Å². The minimum Gasteiger partial charge on any atom is -0.377 e. The van der Waals surface area contributed by atoms with Crippen molar-refractivity contribution in [3.05, 3.63) is 35.9 Å². The Kier molecular flexibility index (Phi) is 3.26. The van der Waals surface area contributed by atoms with Gasteiger partial charge in [0.15, 0.2) is 0 Å². The third kappa shape index (κ3) is 2.44. The summed E-state index contributed by atoms with van der Waals surface area (Å²) >= 11 is 0. The molecule has 67 valence electrons. The maximum absolute atomic E-state index is 10.0. The highest BCUT2D eigenvalue weighted by atomic mass is 16.1. The predicted octanol–water partition coefficient (Wildman–Crippen LogP) is 1.88. The summed E-state index contributed by atoms with van der Waals surface area (Å²) in [6.45, 7) is 0. The van der Waals surface area contributed by atoms with E-state index in [9.17, 15) is 4.79 Å². The first-order chi connectivity index (χ1) is 6.25. The van der Waals surface area contributed by atoms with Gasteiger partial charge in [-0.3, -0.25) is 4.79 Å². The van der Waals surface area contributed by atoms with E-state index < -0.39 is 0 Å². The van der Waals surface area contributed by atoms with Gasteiger partial charge in [0.05, 0.1) is 0 Å². The SMILES string of the molecule is CN(C)c1ccccc1/C=C/[C]=O. The maximum atomic E-state index is 10.0. The fourth-order valence-electron chi connectivity index (χ4n) is 1.16. The van der Waals surface area contributed by atoms with Crippen LogP contribution in [0.4, 0.5) is 5.69 Å². The zero-order chi connectivity index (χ0) is 9.68. The normalized spacial score (nSPS) is 10.3. The summed E-state index contributed by atoms with van der Waals surface area (Å²) in [5.41, 5.74) is 2.12. The minimum atomic E-state index is 1.02. The van der Waals surface area contributed by atoms with Crippen LogP contribution in [0.1, 0.15) is 5.56 Å². The van der Waals surface area contributed by atoms with Crippen molar-refractivity contribution in [1.29, 1.82) is 0 Å². The van der Waals surface area contributed by atoms with Crippen molar-refractivity contribution in [2.24, 2.45) is 0 Å². The van der Waals surface area contributed by atoms with Gasteiger partial charge in [-0.25, -0.2) is 0 Å². The molecule has 0 atom stereocenters. The van der Waals surface area contributed by atoms with E-state index in [0.717, 1.165) is 11.3 Å². The maximum Gasteiger partial charge on any atom is 0.225 e. The molecule has 1 aromatic rings. The van der Waals surface area contributed by atoms with Crippen LogP contribution in [0, 0.1) is 0 Å². The Balaban J connectivity index is 3.04. The fraction of sp³-hybridized carbons (Fsp3) is 0.182. The van der Waals surface area contributed by atoms with Gasteiger partial charge in [-0.2, -0.15) is 0 Å². The Morgan fingerprint density at radius 1 is 1.31 bits per heavy atom. The molecule has 0 amide bonds. The van der Waals surface area contributed by atoms with Crippen LogP contribution in [-0.4, -0.2) is 20.4 Å². The van der Waals surface area contributed by atoms with Crippen molar-refractivity contribution < 1.29 is 4.79 Å². The third-order valence-corrected chi connectivity index (χ3v) is 1.75. The van der Waals surface area contributed by atoms with Gasteiger partial charge in [0.1, 0.15) is 0 Å². The molecule has 0 aliphatic rings. The molecule has 13 heavy (non-hydrogen) atoms.